The highest BCUT2D eigenvalue weighted by Crippen LogP contribution is 2.30. The van der Waals surface area contributed by atoms with Gasteiger partial charge in [-0.25, -0.2) is 0 Å². The average molecular weight is 324 g/mol. The molecule has 122 valence electrons. The number of likely N-dealkylation sites (N-methyl/N-ethyl adjacent to an activating group) is 1. The second-order valence-electron chi connectivity index (χ2n) is 5.95. The molecule has 1 aromatic rings. The lowest BCUT2D eigenvalue weighted by molar-refractivity contribution is -0.120. The van der Waals surface area contributed by atoms with Gasteiger partial charge in [-0.15, -0.1) is 0 Å². The van der Waals surface area contributed by atoms with Crippen LogP contribution in [0.5, 0.6) is 0 Å². The summed E-state index contributed by atoms with van der Waals surface area (Å²) >= 11 is 6.13. The summed E-state index contributed by atoms with van der Waals surface area (Å²) in [6.07, 6.45) is 1.71. The van der Waals surface area contributed by atoms with Crippen molar-refractivity contribution in [3.05, 3.63) is 23.2 Å². The van der Waals surface area contributed by atoms with Crippen LogP contribution in [-0.4, -0.2) is 44.0 Å². The van der Waals surface area contributed by atoms with Gasteiger partial charge in [0.25, 0.3) is 0 Å². The molecule has 22 heavy (non-hydrogen) atoms. The third-order valence-corrected chi connectivity index (χ3v) is 4.65. The molecule has 1 N–H and O–H groups in total. The molecule has 0 aromatic heterocycles. The Labute approximate surface area is 138 Å². The molecule has 0 unspecified atom stereocenters. The summed E-state index contributed by atoms with van der Waals surface area (Å²) in [5, 5.41) is 3.73. The molecule has 4 nitrogen and oxygen atoms in total. The second-order valence-corrected chi connectivity index (χ2v) is 6.39. The van der Waals surface area contributed by atoms with Crippen LogP contribution in [-0.2, 0) is 4.79 Å². The number of anilines is 2. The number of piperazine rings is 1. The Morgan fingerprint density at radius 3 is 2.45 bits per heavy atom. The molecule has 1 aromatic carbocycles. The molecule has 0 bridgehead atoms. The number of carbonyl (C=O) groups is 1. The van der Waals surface area contributed by atoms with Crippen molar-refractivity contribution in [1.82, 2.24) is 4.90 Å². The van der Waals surface area contributed by atoms with E-state index in [0.29, 0.717) is 5.02 Å². The van der Waals surface area contributed by atoms with E-state index in [4.69, 9.17) is 11.6 Å². The fraction of sp³-hybridized carbons (Fsp3) is 0.588. The second kappa shape index (κ2) is 7.84. The summed E-state index contributed by atoms with van der Waals surface area (Å²) in [6, 6.07) is 5.76. The van der Waals surface area contributed by atoms with Crippen LogP contribution in [0.15, 0.2) is 18.2 Å². The summed E-state index contributed by atoms with van der Waals surface area (Å²) in [7, 11) is 2.13. The van der Waals surface area contributed by atoms with Crippen molar-refractivity contribution in [2.45, 2.75) is 26.7 Å². The van der Waals surface area contributed by atoms with Crippen LogP contribution in [0, 0.1) is 5.92 Å². The minimum absolute atomic E-state index is 0.0549. The molecule has 0 radical (unpaired) electrons. The van der Waals surface area contributed by atoms with Crippen LogP contribution in [0.3, 0.4) is 0 Å². The number of benzene rings is 1. The lowest BCUT2D eigenvalue weighted by Gasteiger charge is -2.35. The Morgan fingerprint density at radius 1 is 1.23 bits per heavy atom. The largest absolute Gasteiger partial charge is 0.367 e. The van der Waals surface area contributed by atoms with Gasteiger partial charge < -0.3 is 15.1 Å². The Bertz CT molecular complexity index is 509. The molecular formula is C17H26ClN3O. The van der Waals surface area contributed by atoms with E-state index in [1.54, 1.807) is 0 Å². The maximum absolute atomic E-state index is 12.4. The predicted molar refractivity (Wildman–Crippen MR) is 93.9 cm³/mol. The van der Waals surface area contributed by atoms with Crippen molar-refractivity contribution in [3.63, 3.8) is 0 Å². The maximum Gasteiger partial charge on any atom is 0.227 e. The van der Waals surface area contributed by atoms with Gasteiger partial charge in [-0.3, -0.25) is 4.79 Å². The van der Waals surface area contributed by atoms with Crippen LogP contribution < -0.4 is 10.2 Å². The van der Waals surface area contributed by atoms with E-state index in [9.17, 15) is 4.79 Å². The zero-order valence-electron chi connectivity index (χ0n) is 13.7. The monoisotopic (exact) mass is 323 g/mol. The lowest BCUT2D eigenvalue weighted by atomic mass is 10.0. The molecule has 1 saturated heterocycles. The molecular weight excluding hydrogens is 298 g/mol. The van der Waals surface area contributed by atoms with Crippen molar-refractivity contribution in [1.29, 1.82) is 0 Å². The third-order valence-electron chi connectivity index (χ3n) is 4.42. The molecule has 0 aliphatic carbocycles. The van der Waals surface area contributed by atoms with Crippen LogP contribution in [0.25, 0.3) is 0 Å². The number of nitrogens with zero attached hydrogens (tertiary/aromatic N) is 2. The lowest BCUT2D eigenvalue weighted by Crippen LogP contribution is -2.44. The third kappa shape index (κ3) is 4.14. The van der Waals surface area contributed by atoms with Crippen LogP contribution in [0.4, 0.5) is 11.4 Å². The first-order chi connectivity index (χ1) is 10.5. The highest BCUT2D eigenvalue weighted by molar-refractivity contribution is 6.31. The number of hydrogen-bond acceptors (Lipinski definition) is 3. The molecule has 1 amide bonds. The van der Waals surface area contributed by atoms with Gasteiger partial charge in [-0.1, -0.05) is 25.4 Å². The molecule has 1 fully saturated rings. The van der Waals surface area contributed by atoms with E-state index in [1.165, 1.54) is 0 Å². The number of halogens is 1. The van der Waals surface area contributed by atoms with Gasteiger partial charge in [-0.05, 0) is 38.1 Å². The molecule has 1 aliphatic rings. The topological polar surface area (TPSA) is 35.6 Å². The predicted octanol–water partition coefficient (Wildman–Crippen LogP) is 3.47. The zero-order chi connectivity index (χ0) is 16.1. The molecule has 2 rings (SSSR count). The summed E-state index contributed by atoms with van der Waals surface area (Å²) in [5.74, 6) is 0.141. The number of amides is 1. The molecule has 5 heteroatoms. The van der Waals surface area contributed by atoms with Crippen molar-refractivity contribution >= 4 is 28.9 Å². The Morgan fingerprint density at radius 2 is 1.86 bits per heavy atom. The Balaban J connectivity index is 2.19. The van der Waals surface area contributed by atoms with Crippen molar-refractivity contribution in [3.8, 4) is 0 Å². The number of hydrogen-bond donors (Lipinski definition) is 1. The summed E-state index contributed by atoms with van der Waals surface area (Å²) in [4.78, 5) is 17.0. The van der Waals surface area contributed by atoms with E-state index in [1.807, 2.05) is 32.0 Å². The highest BCUT2D eigenvalue weighted by atomic mass is 35.5. The number of rotatable bonds is 5. The molecule has 0 spiro atoms. The van der Waals surface area contributed by atoms with Gasteiger partial charge >= 0.3 is 0 Å². The summed E-state index contributed by atoms with van der Waals surface area (Å²) < 4.78 is 0. The van der Waals surface area contributed by atoms with Crippen molar-refractivity contribution < 1.29 is 4.79 Å². The fourth-order valence-corrected chi connectivity index (χ4v) is 3.00. The summed E-state index contributed by atoms with van der Waals surface area (Å²) in [5.41, 5.74) is 1.89. The van der Waals surface area contributed by atoms with Crippen molar-refractivity contribution in [2.24, 2.45) is 5.92 Å². The van der Waals surface area contributed by atoms with Gasteiger partial charge in [0.2, 0.25) is 5.91 Å². The molecule has 0 atom stereocenters. The minimum atomic E-state index is 0.0549. The fourth-order valence-electron chi connectivity index (χ4n) is 2.83. The quantitative estimate of drug-likeness (QED) is 0.901. The summed E-state index contributed by atoms with van der Waals surface area (Å²) in [6.45, 7) is 8.09. The molecule has 1 heterocycles. The first-order valence-electron chi connectivity index (χ1n) is 8.09. The molecule has 0 saturated carbocycles. The van der Waals surface area contributed by atoms with Crippen LogP contribution in [0.1, 0.15) is 26.7 Å². The van der Waals surface area contributed by atoms with Crippen molar-refractivity contribution in [2.75, 3.05) is 43.4 Å². The van der Waals surface area contributed by atoms with Gasteiger partial charge in [0.05, 0.1) is 11.4 Å². The van der Waals surface area contributed by atoms with E-state index >= 15 is 0 Å². The molecule has 1 aliphatic heterocycles. The SMILES string of the molecule is CCC(CC)C(=O)Nc1cc(Cl)ccc1N1CCN(C)CC1. The van der Waals surface area contributed by atoms with Gasteiger partial charge in [0, 0.05) is 37.1 Å². The van der Waals surface area contributed by atoms with E-state index in [0.717, 1.165) is 50.4 Å². The van der Waals surface area contributed by atoms with E-state index in [2.05, 4.69) is 22.2 Å². The first kappa shape index (κ1) is 17.1. The smallest absolute Gasteiger partial charge is 0.227 e. The van der Waals surface area contributed by atoms with Crippen LogP contribution >= 0.6 is 11.6 Å². The van der Waals surface area contributed by atoms with E-state index < -0.39 is 0 Å². The Hall–Kier alpha value is -1.26. The minimum Gasteiger partial charge on any atom is -0.367 e. The zero-order valence-corrected chi connectivity index (χ0v) is 14.5. The van der Waals surface area contributed by atoms with Crippen LogP contribution in [0.2, 0.25) is 5.02 Å². The number of carbonyl (C=O) groups excluding carboxylic acids is 1. The maximum atomic E-state index is 12.4. The number of nitrogens with one attached hydrogen (secondary N) is 1. The normalized spacial score (nSPS) is 16.1. The van der Waals surface area contributed by atoms with Gasteiger partial charge in [0.1, 0.15) is 0 Å². The standard InChI is InChI=1S/C17H26ClN3O/c1-4-13(5-2)17(22)19-15-12-14(18)6-7-16(15)21-10-8-20(3)9-11-21/h6-7,12-13H,4-5,8-11H2,1-3H3,(H,19,22). The average Bonchev–Trinajstić information content (AvgIpc) is 2.50. The first-order valence-corrected chi connectivity index (χ1v) is 8.46. The Kier molecular flexibility index (Phi) is 6.09. The highest BCUT2D eigenvalue weighted by Gasteiger charge is 2.20. The van der Waals surface area contributed by atoms with E-state index in [-0.39, 0.29) is 11.8 Å². The van der Waals surface area contributed by atoms with Gasteiger partial charge in [-0.2, -0.15) is 0 Å². The van der Waals surface area contributed by atoms with Gasteiger partial charge in [0.15, 0.2) is 0 Å².